The lowest BCUT2D eigenvalue weighted by atomic mass is 10.2. The summed E-state index contributed by atoms with van der Waals surface area (Å²) in [4.78, 5) is 25.4. The molecule has 3 rings (SSSR count). The number of aliphatic carboxylic acids is 1. The Morgan fingerprint density at radius 3 is 2.56 bits per heavy atom. The van der Waals surface area contributed by atoms with Crippen LogP contribution in [0.3, 0.4) is 0 Å². The molecule has 0 aliphatic carbocycles. The van der Waals surface area contributed by atoms with Gasteiger partial charge in [-0.3, -0.25) is 14.2 Å². The number of aromatic nitrogens is 1. The number of morpholine rings is 1. The van der Waals surface area contributed by atoms with Gasteiger partial charge in [0.25, 0.3) is 5.56 Å². The Morgan fingerprint density at radius 2 is 1.85 bits per heavy atom. The van der Waals surface area contributed by atoms with Gasteiger partial charge in [0.1, 0.15) is 5.69 Å². The van der Waals surface area contributed by atoms with Crippen molar-refractivity contribution >= 4 is 17.3 Å². The normalized spacial score (nSPS) is 14.1. The molecule has 2 heterocycles. The van der Waals surface area contributed by atoms with Crippen molar-refractivity contribution in [1.29, 1.82) is 0 Å². The molecule has 7 heteroatoms. The third-order valence-electron chi connectivity index (χ3n) is 4.57. The number of hydrogen-bond donors (Lipinski definition) is 2. The van der Waals surface area contributed by atoms with Crippen molar-refractivity contribution in [2.24, 2.45) is 0 Å². The predicted octanol–water partition coefficient (Wildman–Crippen LogP) is 2.34. The summed E-state index contributed by atoms with van der Waals surface area (Å²) in [7, 11) is 0. The van der Waals surface area contributed by atoms with Gasteiger partial charge in [0.2, 0.25) is 0 Å². The van der Waals surface area contributed by atoms with E-state index in [1.54, 1.807) is 10.8 Å². The van der Waals surface area contributed by atoms with Crippen LogP contribution in [0, 0.1) is 0 Å². The van der Waals surface area contributed by atoms with E-state index in [4.69, 9.17) is 9.84 Å². The van der Waals surface area contributed by atoms with Crippen LogP contribution in [0.5, 0.6) is 0 Å². The van der Waals surface area contributed by atoms with E-state index in [0.29, 0.717) is 25.3 Å². The first-order valence-electron chi connectivity index (χ1n) is 9.25. The molecule has 0 unspecified atom stereocenters. The molecule has 0 atom stereocenters. The van der Waals surface area contributed by atoms with Crippen LogP contribution in [0.25, 0.3) is 5.69 Å². The lowest BCUT2D eigenvalue weighted by molar-refractivity contribution is -0.137. The average Bonchev–Trinajstić information content (AvgIpc) is 2.69. The number of carbonyl (C=O) groups is 1. The third-order valence-corrected chi connectivity index (χ3v) is 4.57. The summed E-state index contributed by atoms with van der Waals surface area (Å²) in [5.41, 5.74) is 2.42. The van der Waals surface area contributed by atoms with Crippen LogP contribution in [0.4, 0.5) is 11.4 Å². The summed E-state index contributed by atoms with van der Waals surface area (Å²) in [5, 5.41) is 11.9. The molecule has 2 N–H and O–H groups in total. The molecule has 0 spiro atoms. The number of hydrogen-bond acceptors (Lipinski definition) is 5. The Hall–Kier alpha value is -2.80. The van der Waals surface area contributed by atoms with Gasteiger partial charge in [-0.05, 0) is 49.2 Å². The smallest absolute Gasteiger partial charge is 0.303 e. The number of carboxylic acids is 1. The molecular weight excluding hydrogens is 346 g/mol. The summed E-state index contributed by atoms with van der Waals surface area (Å²) in [6.07, 6.45) is 3.43. The van der Waals surface area contributed by atoms with Gasteiger partial charge >= 0.3 is 5.97 Å². The summed E-state index contributed by atoms with van der Waals surface area (Å²) in [5.74, 6) is -0.760. The van der Waals surface area contributed by atoms with E-state index in [2.05, 4.69) is 10.2 Å². The van der Waals surface area contributed by atoms with Gasteiger partial charge in [-0.25, -0.2) is 0 Å². The molecule has 1 aliphatic heterocycles. The van der Waals surface area contributed by atoms with E-state index in [-0.39, 0.29) is 12.0 Å². The van der Waals surface area contributed by atoms with Crippen LogP contribution in [0.15, 0.2) is 47.4 Å². The second kappa shape index (κ2) is 9.23. The van der Waals surface area contributed by atoms with E-state index in [0.717, 1.165) is 37.4 Å². The first kappa shape index (κ1) is 19.0. The molecule has 1 aromatic carbocycles. The standard InChI is InChI=1S/C20H25N3O4/c24-19(25)5-1-2-10-21-16-6-8-17(9-7-16)23-11-3-4-18(20(23)26)22-12-14-27-15-13-22/h3-4,6-9,11,21H,1-2,5,10,12-15H2,(H,24,25). The Labute approximate surface area is 158 Å². The molecule has 144 valence electrons. The SMILES string of the molecule is O=C(O)CCCCNc1ccc(-n2cccc(N3CCOCC3)c2=O)cc1. The minimum atomic E-state index is -0.760. The monoisotopic (exact) mass is 371 g/mol. The van der Waals surface area contributed by atoms with Gasteiger partial charge in [0.15, 0.2) is 0 Å². The topological polar surface area (TPSA) is 83.8 Å². The summed E-state index contributed by atoms with van der Waals surface area (Å²) in [6.45, 7) is 3.45. The molecule has 2 aromatic rings. The maximum absolute atomic E-state index is 12.9. The molecule has 1 saturated heterocycles. The average molecular weight is 371 g/mol. The van der Waals surface area contributed by atoms with E-state index >= 15 is 0 Å². The molecule has 1 fully saturated rings. The highest BCUT2D eigenvalue weighted by Gasteiger charge is 2.15. The first-order valence-corrected chi connectivity index (χ1v) is 9.25. The first-order chi connectivity index (χ1) is 13.1. The lowest BCUT2D eigenvalue weighted by Gasteiger charge is -2.28. The number of unbranched alkanes of at least 4 members (excludes halogenated alkanes) is 1. The maximum Gasteiger partial charge on any atom is 0.303 e. The van der Waals surface area contributed by atoms with Gasteiger partial charge in [-0.1, -0.05) is 0 Å². The number of pyridine rings is 1. The third kappa shape index (κ3) is 5.10. The molecule has 0 saturated carbocycles. The van der Waals surface area contributed by atoms with E-state index in [1.807, 2.05) is 36.4 Å². The fourth-order valence-corrected chi connectivity index (χ4v) is 3.10. The largest absolute Gasteiger partial charge is 0.481 e. The van der Waals surface area contributed by atoms with Crippen LogP contribution in [0.1, 0.15) is 19.3 Å². The highest BCUT2D eigenvalue weighted by atomic mass is 16.5. The number of rotatable bonds is 8. The molecule has 1 aromatic heterocycles. The number of benzene rings is 1. The summed E-state index contributed by atoms with van der Waals surface area (Å²) < 4.78 is 7.02. The zero-order chi connectivity index (χ0) is 19.1. The van der Waals surface area contributed by atoms with Crippen molar-refractivity contribution in [2.45, 2.75) is 19.3 Å². The molecule has 0 amide bonds. The molecule has 7 nitrogen and oxygen atoms in total. The van der Waals surface area contributed by atoms with Gasteiger partial charge in [-0.2, -0.15) is 0 Å². The van der Waals surface area contributed by atoms with Crippen molar-refractivity contribution in [1.82, 2.24) is 4.57 Å². The molecular formula is C20H25N3O4. The quantitative estimate of drug-likeness (QED) is 0.693. The second-order valence-electron chi connectivity index (χ2n) is 6.49. The zero-order valence-corrected chi connectivity index (χ0v) is 15.3. The maximum atomic E-state index is 12.9. The molecule has 0 radical (unpaired) electrons. The van der Waals surface area contributed by atoms with Crippen molar-refractivity contribution in [3.63, 3.8) is 0 Å². The van der Waals surface area contributed by atoms with Crippen molar-refractivity contribution < 1.29 is 14.6 Å². The summed E-state index contributed by atoms with van der Waals surface area (Å²) in [6, 6.07) is 11.4. The Balaban J connectivity index is 1.64. The highest BCUT2D eigenvalue weighted by Crippen LogP contribution is 2.15. The van der Waals surface area contributed by atoms with Gasteiger partial charge < -0.3 is 20.1 Å². The van der Waals surface area contributed by atoms with Gasteiger partial charge in [0, 0.05) is 43.6 Å². The van der Waals surface area contributed by atoms with E-state index in [1.165, 1.54) is 0 Å². The van der Waals surface area contributed by atoms with Crippen molar-refractivity contribution in [3.05, 3.63) is 52.9 Å². The van der Waals surface area contributed by atoms with Crippen molar-refractivity contribution in [3.8, 4) is 5.69 Å². The lowest BCUT2D eigenvalue weighted by Crippen LogP contribution is -2.40. The molecule has 1 aliphatic rings. The van der Waals surface area contributed by atoms with Crippen LogP contribution >= 0.6 is 0 Å². The fraction of sp³-hybridized carbons (Fsp3) is 0.400. The number of nitrogens with zero attached hydrogens (tertiary/aromatic N) is 2. The Kier molecular flexibility index (Phi) is 6.49. The van der Waals surface area contributed by atoms with E-state index < -0.39 is 5.97 Å². The van der Waals surface area contributed by atoms with Crippen LogP contribution < -0.4 is 15.8 Å². The van der Waals surface area contributed by atoms with Crippen LogP contribution in [-0.2, 0) is 9.53 Å². The summed E-state index contributed by atoms with van der Waals surface area (Å²) >= 11 is 0. The zero-order valence-electron chi connectivity index (χ0n) is 15.3. The second-order valence-corrected chi connectivity index (χ2v) is 6.49. The number of carboxylic acid groups (broad SMARTS) is 1. The van der Waals surface area contributed by atoms with Crippen molar-refractivity contribution in [2.75, 3.05) is 43.1 Å². The minimum absolute atomic E-state index is 0.0335. The highest BCUT2D eigenvalue weighted by molar-refractivity contribution is 5.66. The number of nitrogens with one attached hydrogen (secondary N) is 1. The fourth-order valence-electron chi connectivity index (χ4n) is 3.10. The van der Waals surface area contributed by atoms with Crippen LogP contribution in [-0.4, -0.2) is 48.5 Å². The van der Waals surface area contributed by atoms with Gasteiger partial charge in [0.05, 0.1) is 13.2 Å². The number of ether oxygens (including phenoxy) is 1. The van der Waals surface area contributed by atoms with Gasteiger partial charge in [-0.15, -0.1) is 0 Å². The predicted molar refractivity (Wildman–Crippen MR) is 105 cm³/mol. The van der Waals surface area contributed by atoms with E-state index in [9.17, 15) is 9.59 Å². The number of anilines is 2. The van der Waals surface area contributed by atoms with Crippen LogP contribution in [0.2, 0.25) is 0 Å². The molecule has 27 heavy (non-hydrogen) atoms. The Bertz CT molecular complexity index is 811. The minimum Gasteiger partial charge on any atom is -0.481 e. The molecule has 0 bridgehead atoms. The Morgan fingerprint density at radius 1 is 1.11 bits per heavy atom.